The molecule has 2 nitrogen and oxygen atoms in total. The van der Waals surface area contributed by atoms with Gasteiger partial charge in [0, 0.05) is 5.41 Å². The van der Waals surface area contributed by atoms with Crippen molar-refractivity contribution in [2.75, 3.05) is 0 Å². The number of hydrogen-bond acceptors (Lipinski definition) is 2. The Hall–Kier alpha value is -1.09. The van der Waals surface area contributed by atoms with Gasteiger partial charge < -0.3 is 0 Å². The number of hydrogen-bond donors (Lipinski definition) is 0. The molecular weight excluding hydrogens is 172 g/mol. The van der Waals surface area contributed by atoms with Gasteiger partial charge in [-0.25, -0.2) is 8.42 Å². The summed E-state index contributed by atoms with van der Waals surface area (Å²) in [4.78, 5) is 0.222. The third-order valence-corrected chi connectivity index (χ3v) is 2.95. The van der Waals surface area contributed by atoms with Crippen LogP contribution in [0.5, 0.6) is 0 Å². The van der Waals surface area contributed by atoms with Crippen LogP contribution in [0, 0.1) is 6.92 Å². The smallest absolute Gasteiger partial charge is 0.199 e. The molecule has 0 aromatic heterocycles. The van der Waals surface area contributed by atoms with Crippen molar-refractivity contribution in [1.29, 1.82) is 0 Å². The second-order valence-corrected chi connectivity index (χ2v) is 4.18. The summed E-state index contributed by atoms with van der Waals surface area (Å²) in [6.07, 6.45) is 0. The highest BCUT2D eigenvalue weighted by Gasteiger charge is 2.10. The van der Waals surface area contributed by atoms with E-state index >= 15 is 0 Å². The van der Waals surface area contributed by atoms with E-state index in [0.29, 0.717) is 5.56 Å². The summed E-state index contributed by atoms with van der Waals surface area (Å²) in [6, 6.07) is 6.56. The molecule has 1 aromatic carbocycles. The summed E-state index contributed by atoms with van der Waals surface area (Å²) >= 11 is 0. The van der Waals surface area contributed by atoms with Crippen LogP contribution in [0.2, 0.25) is 0 Å². The van der Waals surface area contributed by atoms with E-state index in [-0.39, 0.29) is 4.90 Å². The SMILES string of the molecule is [CH2]c1ccccc1S(=O)(=O)C=C. The molecule has 0 aliphatic heterocycles. The summed E-state index contributed by atoms with van der Waals surface area (Å²) in [5, 5.41) is 0.928. The van der Waals surface area contributed by atoms with Crippen LogP contribution < -0.4 is 0 Å². The monoisotopic (exact) mass is 181 g/mol. The topological polar surface area (TPSA) is 34.1 Å². The average Bonchev–Trinajstić information content (AvgIpc) is 2.05. The zero-order valence-electron chi connectivity index (χ0n) is 6.53. The molecule has 63 valence electrons. The Morgan fingerprint density at radius 2 is 1.83 bits per heavy atom. The zero-order chi connectivity index (χ0) is 9.19. The normalized spacial score (nSPS) is 11.1. The largest absolute Gasteiger partial charge is 0.219 e. The minimum absolute atomic E-state index is 0.222. The molecule has 0 N–H and O–H groups in total. The van der Waals surface area contributed by atoms with Crippen molar-refractivity contribution < 1.29 is 8.42 Å². The summed E-state index contributed by atoms with van der Waals surface area (Å²) in [5.74, 6) is 0. The molecule has 0 amide bonds. The van der Waals surface area contributed by atoms with Crippen LogP contribution in [-0.2, 0) is 9.84 Å². The van der Waals surface area contributed by atoms with Crippen LogP contribution in [0.25, 0.3) is 0 Å². The molecule has 0 bridgehead atoms. The van der Waals surface area contributed by atoms with Crippen LogP contribution in [0.3, 0.4) is 0 Å². The number of benzene rings is 1. The van der Waals surface area contributed by atoms with E-state index in [0.717, 1.165) is 5.41 Å². The fourth-order valence-electron chi connectivity index (χ4n) is 0.871. The molecule has 0 saturated carbocycles. The first-order chi connectivity index (χ1) is 5.58. The lowest BCUT2D eigenvalue weighted by Gasteiger charge is -2.01. The second-order valence-electron chi connectivity index (χ2n) is 2.32. The molecule has 1 aromatic rings. The zero-order valence-corrected chi connectivity index (χ0v) is 7.34. The molecule has 0 fully saturated rings. The Labute approximate surface area is 72.5 Å². The molecule has 0 spiro atoms. The first-order valence-corrected chi connectivity index (χ1v) is 4.91. The maximum absolute atomic E-state index is 11.3. The van der Waals surface area contributed by atoms with E-state index in [1.54, 1.807) is 18.2 Å². The maximum Gasteiger partial charge on any atom is 0.199 e. The van der Waals surface area contributed by atoms with Crippen molar-refractivity contribution in [3.8, 4) is 0 Å². The Balaban J connectivity index is 3.39. The van der Waals surface area contributed by atoms with Gasteiger partial charge in [-0.1, -0.05) is 24.8 Å². The summed E-state index contributed by atoms with van der Waals surface area (Å²) in [7, 11) is -3.33. The Bertz CT molecular complexity index is 391. The van der Waals surface area contributed by atoms with Gasteiger partial charge in [0.15, 0.2) is 9.84 Å². The summed E-state index contributed by atoms with van der Waals surface area (Å²) in [6.45, 7) is 6.84. The maximum atomic E-state index is 11.3. The van der Waals surface area contributed by atoms with Gasteiger partial charge >= 0.3 is 0 Å². The van der Waals surface area contributed by atoms with Crippen molar-refractivity contribution >= 4 is 9.84 Å². The lowest BCUT2D eigenvalue weighted by Crippen LogP contribution is -1.97. The average molecular weight is 181 g/mol. The van der Waals surface area contributed by atoms with E-state index in [4.69, 9.17) is 0 Å². The van der Waals surface area contributed by atoms with Crippen LogP contribution in [0.4, 0.5) is 0 Å². The van der Waals surface area contributed by atoms with Crippen LogP contribution in [0.15, 0.2) is 41.1 Å². The van der Waals surface area contributed by atoms with Gasteiger partial charge in [0.25, 0.3) is 0 Å². The predicted octanol–water partition coefficient (Wildman–Crippen LogP) is 1.79. The molecule has 0 aliphatic rings. The molecule has 3 heteroatoms. The van der Waals surface area contributed by atoms with E-state index in [1.807, 2.05) is 0 Å². The molecular formula is C9H9O2S. The highest BCUT2D eigenvalue weighted by molar-refractivity contribution is 7.94. The van der Waals surface area contributed by atoms with Gasteiger partial charge in [0.05, 0.1) is 4.90 Å². The molecule has 0 aliphatic carbocycles. The molecule has 0 atom stereocenters. The van der Waals surface area contributed by atoms with Gasteiger partial charge in [0.1, 0.15) is 0 Å². The summed E-state index contributed by atoms with van der Waals surface area (Å²) in [5.41, 5.74) is 0.498. The Kier molecular flexibility index (Phi) is 2.33. The van der Waals surface area contributed by atoms with Crippen molar-refractivity contribution in [2.45, 2.75) is 4.90 Å². The predicted molar refractivity (Wildman–Crippen MR) is 48.3 cm³/mol. The Morgan fingerprint density at radius 1 is 1.25 bits per heavy atom. The van der Waals surface area contributed by atoms with Gasteiger partial charge in [-0.2, -0.15) is 0 Å². The van der Waals surface area contributed by atoms with Gasteiger partial charge in [-0.05, 0) is 18.6 Å². The first-order valence-electron chi connectivity index (χ1n) is 3.36. The molecule has 12 heavy (non-hydrogen) atoms. The van der Waals surface area contributed by atoms with Crippen LogP contribution in [0.1, 0.15) is 5.56 Å². The minimum Gasteiger partial charge on any atom is -0.219 e. The van der Waals surface area contributed by atoms with E-state index in [9.17, 15) is 8.42 Å². The van der Waals surface area contributed by atoms with E-state index in [2.05, 4.69) is 13.5 Å². The molecule has 0 unspecified atom stereocenters. The van der Waals surface area contributed by atoms with E-state index in [1.165, 1.54) is 6.07 Å². The minimum atomic E-state index is -3.33. The van der Waals surface area contributed by atoms with Crippen molar-refractivity contribution in [2.24, 2.45) is 0 Å². The summed E-state index contributed by atoms with van der Waals surface area (Å²) < 4.78 is 22.5. The van der Waals surface area contributed by atoms with Crippen molar-refractivity contribution in [1.82, 2.24) is 0 Å². The third kappa shape index (κ3) is 1.56. The van der Waals surface area contributed by atoms with Gasteiger partial charge in [-0.3, -0.25) is 0 Å². The second kappa shape index (κ2) is 3.11. The molecule has 0 heterocycles. The van der Waals surface area contributed by atoms with Crippen LogP contribution in [-0.4, -0.2) is 8.42 Å². The van der Waals surface area contributed by atoms with Crippen molar-refractivity contribution in [3.05, 3.63) is 48.7 Å². The standard InChI is InChI=1S/C9H9O2S/c1-3-12(10,11)9-7-5-4-6-8(9)2/h3-7H,1-2H2. The molecule has 1 radical (unpaired) electrons. The fourth-order valence-corrected chi connectivity index (χ4v) is 1.75. The lowest BCUT2D eigenvalue weighted by molar-refractivity contribution is 0.604. The number of rotatable bonds is 2. The van der Waals surface area contributed by atoms with Gasteiger partial charge in [0.2, 0.25) is 0 Å². The molecule has 1 rings (SSSR count). The quantitative estimate of drug-likeness (QED) is 0.697. The third-order valence-electron chi connectivity index (χ3n) is 1.50. The highest BCUT2D eigenvalue weighted by atomic mass is 32.2. The van der Waals surface area contributed by atoms with Crippen molar-refractivity contribution in [3.63, 3.8) is 0 Å². The lowest BCUT2D eigenvalue weighted by atomic mass is 10.2. The highest BCUT2D eigenvalue weighted by Crippen LogP contribution is 2.15. The Morgan fingerprint density at radius 3 is 2.33 bits per heavy atom. The van der Waals surface area contributed by atoms with Crippen LogP contribution >= 0.6 is 0 Å². The first kappa shape index (κ1) is 9.00. The number of sulfone groups is 1. The van der Waals surface area contributed by atoms with E-state index < -0.39 is 9.84 Å². The van der Waals surface area contributed by atoms with Gasteiger partial charge in [-0.15, -0.1) is 0 Å². The molecule has 0 saturated heterocycles. The fraction of sp³-hybridized carbons (Fsp3) is 0.